The fourth-order valence-corrected chi connectivity index (χ4v) is 3.54. The molecular formula is C13H21N3O4S. The predicted octanol–water partition coefficient (Wildman–Crippen LogP) is 0.358. The molecule has 0 amide bonds. The van der Waals surface area contributed by atoms with Gasteiger partial charge in [-0.1, -0.05) is 0 Å². The molecule has 1 aliphatic rings. The molecule has 1 aliphatic heterocycles. The summed E-state index contributed by atoms with van der Waals surface area (Å²) in [5.74, 6) is 0.662. The van der Waals surface area contributed by atoms with Crippen molar-refractivity contribution in [2.24, 2.45) is 0 Å². The van der Waals surface area contributed by atoms with E-state index in [9.17, 15) is 8.42 Å². The van der Waals surface area contributed by atoms with Gasteiger partial charge in [0.05, 0.1) is 19.3 Å². The monoisotopic (exact) mass is 315 g/mol. The van der Waals surface area contributed by atoms with Crippen LogP contribution in [0.1, 0.15) is 6.42 Å². The molecule has 21 heavy (non-hydrogen) atoms. The van der Waals surface area contributed by atoms with E-state index < -0.39 is 10.2 Å². The first kappa shape index (κ1) is 16.2. The standard InChI is InChI=1S/C13H21N3O4S/c1-15(8-9-19-2)21(17,18)16-7-5-13(11-16)20-12-4-3-6-14-10-12/h3-4,6,10,13H,5,7-9,11H2,1-2H3/t13-/m0/s1. The second-order valence-electron chi connectivity index (χ2n) is 4.90. The van der Waals surface area contributed by atoms with Gasteiger partial charge in [0.25, 0.3) is 10.2 Å². The molecule has 0 aliphatic carbocycles. The predicted molar refractivity (Wildman–Crippen MR) is 78.3 cm³/mol. The van der Waals surface area contributed by atoms with Crippen LogP contribution in [-0.2, 0) is 14.9 Å². The van der Waals surface area contributed by atoms with Crippen molar-refractivity contribution in [2.75, 3.05) is 40.4 Å². The molecule has 7 nitrogen and oxygen atoms in total. The molecule has 2 rings (SSSR count). The molecule has 0 unspecified atom stereocenters. The second-order valence-corrected chi connectivity index (χ2v) is 6.93. The Labute approximate surface area is 125 Å². The highest BCUT2D eigenvalue weighted by molar-refractivity contribution is 7.86. The van der Waals surface area contributed by atoms with E-state index in [1.807, 2.05) is 6.07 Å². The number of aromatic nitrogens is 1. The highest BCUT2D eigenvalue weighted by Gasteiger charge is 2.34. The number of hydrogen-bond donors (Lipinski definition) is 0. The topological polar surface area (TPSA) is 72.0 Å². The van der Waals surface area contributed by atoms with Crippen molar-refractivity contribution in [2.45, 2.75) is 12.5 Å². The minimum absolute atomic E-state index is 0.139. The minimum atomic E-state index is -3.45. The van der Waals surface area contributed by atoms with Crippen molar-refractivity contribution in [1.29, 1.82) is 0 Å². The molecular weight excluding hydrogens is 294 g/mol. The fourth-order valence-electron chi connectivity index (χ4n) is 2.15. The zero-order valence-corrected chi connectivity index (χ0v) is 13.1. The van der Waals surface area contributed by atoms with Crippen LogP contribution in [-0.4, -0.2) is 68.5 Å². The van der Waals surface area contributed by atoms with Crippen LogP contribution < -0.4 is 4.74 Å². The summed E-state index contributed by atoms with van der Waals surface area (Å²) in [5, 5.41) is 0. The van der Waals surface area contributed by atoms with Gasteiger partial charge in [-0.2, -0.15) is 17.0 Å². The van der Waals surface area contributed by atoms with Crippen molar-refractivity contribution >= 4 is 10.2 Å². The minimum Gasteiger partial charge on any atom is -0.487 e. The summed E-state index contributed by atoms with van der Waals surface area (Å²) in [4.78, 5) is 3.98. The average molecular weight is 315 g/mol. The van der Waals surface area contributed by atoms with Crippen LogP contribution in [0.2, 0.25) is 0 Å². The zero-order valence-electron chi connectivity index (χ0n) is 12.3. The number of nitrogens with zero attached hydrogens (tertiary/aromatic N) is 3. The highest BCUT2D eigenvalue weighted by Crippen LogP contribution is 2.20. The molecule has 0 spiro atoms. The average Bonchev–Trinajstić information content (AvgIpc) is 2.95. The maximum atomic E-state index is 12.4. The summed E-state index contributed by atoms with van der Waals surface area (Å²) in [7, 11) is -0.336. The molecule has 118 valence electrons. The van der Waals surface area contributed by atoms with Crippen LogP contribution in [0.25, 0.3) is 0 Å². The lowest BCUT2D eigenvalue weighted by Gasteiger charge is -2.23. The normalized spacial score (nSPS) is 20.0. The molecule has 0 saturated carbocycles. The molecule has 0 aromatic carbocycles. The van der Waals surface area contributed by atoms with E-state index >= 15 is 0 Å². The summed E-state index contributed by atoms with van der Waals surface area (Å²) >= 11 is 0. The summed E-state index contributed by atoms with van der Waals surface area (Å²) in [5.41, 5.74) is 0. The number of ether oxygens (including phenoxy) is 2. The molecule has 1 saturated heterocycles. The third kappa shape index (κ3) is 4.13. The van der Waals surface area contributed by atoms with Crippen molar-refractivity contribution in [3.05, 3.63) is 24.5 Å². The molecule has 1 aromatic rings. The SMILES string of the molecule is COCCN(C)S(=O)(=O)N1CC[C@H](Oc2cccnc2)C1. The van der Waals surface area contributed by atoms with E-state index in [-0.39, 0.29) is 6.10 Å². The van der Waals surface area contributed by atoms with Crippen molar-refractivity contribution in [1.82, 2.24) is 13.6 Å². The van der Waals surface area contributed by atoms with Gasteiger partial charge in [0.15, 0.2) is 0 Å². The van der Waals surface area contributed by atoms with E-state index in [0.717, 1.165) is 0 Å². The second kappa shape index (κ2) is 7.17. The van der Waals surface area contributed by atoms with E-state index in [1.54, 1.807) is 32.6 Å². The van der Waals surface area contributed by atoms with Crippen molar-refractivity contribution < 1.29 is 17.9 Å². The van der Waals surface area contributed by atoms with Crippen LogP contribution in [0.15, 0.2) is 24.5 Å². The first-order chi connectivity index (χ1) is 10.0. The zero-order chi connectivity index (χ0) is 15.3. The van der Waals surface area contributed by atoms with Gasteiger partial charge < -0.3 is 9.47 Å². The van der Waals surface area contributed by atoms with E-state index in [2.05, 4.69) is 4.98 Å². The Morgan fingerprint density at radius 1 is 1.52 bits per heavy atom. The van der Waals surface area contributed by atoms with E-state index in [4.69, 9.17) is 9.47 Å². The molecule has 0 bridgehead atoms. The maximum absolute atomic E-state index is 12.4. The lowest BCUT2D eigenvalue weighted by Crippen LogP contribution is -2.42. The number of likely N-dealkylation sites (N-methyl/N-ethyl adjacent to an activating group) is 1. The van der Waals surface area contributed by atoms with Crippen LogP contribution in [0.4, 0.5) is 0 Å². The Morgan fingerprint density at radius 3 is 3.00 bits per heavy atom. The molecule has 0 N–H and O–H groups in total. The van der Waals surface area contributed by atoms with Gasteiger partial charge in [0, 0.05) is 33.4 Å². The number of rotatable bonds is 7. The van der Waals surface area contributed by atoms with E-state index in [0.29, 0.717) is 38.4 Å². The lowest BCUT2D eigenvalue weighted by atomic mass is 10.3. The Morgan fingerprint density at radius 2 is 2.33 bits per heavy atom. The van der Waals surface area contributed by atoms with Crippen LogP contribution in [0.5, 0.6) is 5.75 Å². The number of pyridine rings is 1. The summed E-state index contributed by atoms with van der Waals surface area (Å²) in [6, 6.07) is 3.60. The van der Waals surface area contributed by atoms with Crippen LogP contribution >= 0.6 is 0 Å². The van der Waals surface area contributed by atoms with Gasteiger partial charge in [0.1, 0.15) is 11.9 Å². The lowest BCUT2D eigenvalue weighted by molar-refractivity contribution is 0.182. The number of hydrogen-bond acceptors (Lipinski definition) is 5. The van der Waals surface area contributed by atoms with Gasteiger partial charge in [0.2, 0.25) is 0 Å². The Balaban J connectivity index is 1.92. The Kier molecular flexibility index (Phi) is 5.51. The molecule has 0 radical (unpaired) electrons. The van der Waals surface area contributed by atoms with Crippen molar-refractivity contribution in [3.63, 3.8) is 0 Å². The fraction of sp³-hybridized carbons (Fsp3) is 0.615. The molecule has 2 heterocycles. The summed E-state index contributed by atoms with van der Waals surface area (Å²) in [6.45, 7) is 1.53. The first-order valence-corrected chi connectivity index (χ1v) is 8.21. The van der Waals surface area contributed by atoms with Crippen LogP contribution in [0, 0.1) is 0 Å². The van der Waals surface area contributed by atoms with Crippen molar-refractivity contribution in [3.8, 4) is 5.75 Å². The molecule has 8 heteroatoms. The number of methoxy groups -OCH3 is 1. The highest BCUT2D eigenvalue weighted by atomic mass is 32.2. The third-order valence-electron chi connectivity index (χ3n) is 3.38. The smallest absolute Gasteiger partial charge is 0.281 e. The van der Waals surface area contributed by atoms with Gasteiger partial charge in [-0.25, -0.2) is 0 Å². The first-order valence-electron chi connectivity index (χ1n) is 6.81. The van der Waals surface area contributed by atoms with E-state index in [1.165, 1.54) is 8.61 Å². The summed E-state index contributed by atoms with van der Waals surface area (Å²) < 4.78 is 38.2. The maximum Gasteiger partial charge on any atom is 0.281 e. The molecule has 1 aromatic heterocycles. The quantitative estimate of drug-likeness (QED) is 0.726. The Bertz CT molecular complexity index is 538. The van der Waals surface area contributed by atoms with Gasteiger partial charge in [-0.05, 0) is 18.6 Å². The molecule has 1 atom stereocenters. The Hall–Kier alpha value is -1.22. The summed E-state index contributed by atoms with van der Waals surface area (Å²) in [6.07, 6.45) is 3.83. The van der Waals surface area contributed by atoms with Gasteiger partial charge >= 0.3 is 0 Å². The largest absolute Gasteiger partial charge is 0.487 e. The van der Waals surface area contributed by atoms with Gasteiger partial charge in [-0.3, -0.25) is 4.98 Å². The third-order valence-corrected chi connectivity index (χ3v) is 5.33. The van der Waals surface area contributed by atoms with Crippen LogP contribution in [0.3, 0.4) is 0 Å². The molecule has 1 fully saturated rings. The van der Waals surface area contributed by atoms with Gasteiger partial charge in [-0.15, -0.1) is 0 Å².